The summed E-state index contributed by atoms with van der Waals surface area (Å²) in [7, 11) is -3.60. The highest BCUT2D eigenvalue weighted by Gasteiger charge is 2.32. The van der Waals surface area contributed by atoms with Crippen LogP contribution in [0.25, 0.3) is 0 Å². The van der Waals surface area contributed by atoms with Gasteiger partial charge in [-0.05, 0) is 13.0 Å². The summed E-state index contributed by atoms with van der Waals surface area (Å²) < 4.78 is 27.1. The molecule has 2 N–H and O–H groups in total. The molecule has 1 atom stereocenters. The molecule has 0 bridgehead atoms. The molecule has 1 aromatic heterocycles. The maximum Gasteiger partial charge on any atom is 0.245 e. The molecule has 10 heteroatoms. The van der Waals surface area contributed by atoms with Crippen LogP contribution >= 0.6 is 46.8 Å². The van der Waals surface area contributed by atoms with Gasteiger partial charge in [-0.1, -0.05) is 35.4 Å². The molecule has 118 valence electrons. The summed E-state index contributed by atoms with van der Waals surface area (Å²) in [5, 5.41) is 0. The molecule has 0 saturated carbocycles. The van der Waals surface area contributed by atoms with Crippen molar-refractivity contribution in [2.24, 2.45) is 5.73 Å². The standard InChI is InChI=1S/C11H15Cl2N3O2S3/c1-7(11(14)19)15-2-4-16(5-3-15)21(17,18)8-6-9(12)20-10(8)13/h6-7H,2-5H2,1H3,(H2,14,19). The number of hydrogen-bond donors (Lipinski definition) is 1. The van der Waals surface area contributed by atoms with Crippen LogP contribution < -0.4 is 5.73 Å². The summed E-state index contributed by atoms with van der Waals surface area (Å²) in [6, 6.07) is 1.36. The van der Waals surface area contributed by atoms with Crippen molar-refractivity contribution in [1.29, 1.82) is 0 Å². The number of thiocarbonyl (C=S) groups is 1. The van der Waals surface area contributed by atoms with Crippen LogP contribution in [-0.2, 0) is 10.0 Å². The number of halogens is 2. The van der Waals surface area contributed by atoms with Crippen molar-refractivity contribution < 1.29 is 8.42 Å². The third-order valence-corrected chi connectivity index (χ3v) is 7.47. The number of sulfonamides is 1. The summed E-state index contributed by atoms with van der Waals surface area (Å²) in [6.07, 6.45) is 0. The fourth-order valence-corrected chi connectivity index (χ4v) is 5.84. The van der Waals surface area contributed by atoms with E-state index in [1.165, 1.54) is 10.4 Å². The van der Waals surface area contributed by atoms with Crippen LogP contribution in [0.15, 0.2) is 11.0 Å². The van der Waals surface area contributed by atoms with Gasteiger partial charge in [-0.2, -0.15) is 4.31 Å². The number of nitrogens with two attached hydrogens (primary N) is 1. The van der Waals surface area contributed by atoms with E-state index in [9.17, 15) is 8.42 Å². The lowest BCUT2D eigenvalue weighted by atomic mass is 10.2. The van der Waals surface area contributed by atoms with Gasteiger partial charge in [-0.3, -0.25) is 4.90 Å². The quantitative estimate of drug-likeness (QED) is 0.800. The monoisotopic (exact) mass is 387 g/mol. The Hall–Kier alpha value is 0.0400. The van der Waals surface area contributed by atoms with E-state index in [0.717, 1.165) is 11.3 Å². The third kappa shape index (κ3) is 3.69. The first-order valence-electron chi connectivity index (χ1n) is 6.22. The first kappa shape index (κ1) is 17.4. The van der Waals surface area contributed by atoms with Gasteiger partial charge < -0.3 is 5.73 Å². The lowest BCUT2D eigenvalue weighted by Crippen LogP contribution is -2.53. The number of thiophene rings is 1. The molecule has 1 unspecified atom stereocenters. The van der Waals surface area contributed by atoms with Gasteiger partial charge >= 0.3 is 0 Å². The van der Waals surface area contributed by atoms with Gasteiger partial charge in [0, 0.05) is 26.2 Å². The summed E-state index contributed by atoms with van der Waals surface area (Å²) in [5.74, 6) is 0. The zero-order chi connectivity index (χ0) is 15.8. The van der Waals surface area contributed by atoms with Crippen LogP contribution in [0.4, 0.5) is 0 Å². The topological polar surface area (TPSA) is 66.6 Å². The fourth-order valence-electron chi connectivity index (χ4n) is 2.15. The number of hydrogen-bond acceptors (Lipinski definition) is 5. The molecule has 0 aliphatic carbocycles. The van der Waals surface area contributed by atoms with Gasteiger partial charge in [-0.15, -0.1) is 11.3 Å². The second-order valence-corrected chi connectivity index (χ2v) is 9.37. The molecule has 21 heavy (non-hydrogen) atoms. The van der Waals surface area contributed by atoms with E-state index in [-0.39, 0.29) is 15.3 Å². The van der Waals surface area contributed by atoms with Crippen molar-refractivity contribution in [2.45, 2.75) is 17.9 Å². The molecule has 5 nitrogen and oxygen atoms in total. The minimum Gasteiger partial charge on any atom is -0.392 e. The minimum atomic E-state index is -3.60. The Morgan fingerprint density at radius 3 is 2.38 bits per heavy atom. The minimum absolute atomic E-state index is 0.0379. The molecule has 1 aliphatic heterocycles. The molecule has 1 aliphatic rings. The summed E-state index contributed by atoms with van der Waals surface area (Å²) in [5.41, 5.74) is 5.63. The summed E-state index contributed by atoms with van der Waals surface area (Å²) in [4.78, 5) is 2.56. The molecule has 0 aromatic carbocycles. The van der Waals surface area contributed by atoms with Crippen LogP contribution in [0.3, 0.4) is 0 Å². The largest absolute Gasteiger partial charge is 0.392 e. The maximum atomic E-state index is 12.6. The molecule has 1 saturated heterocycles. The van der Waals surface area contributed by atoms with Gasteiger partial charge in [0.15, 0.2) is 0 Å². The predicted octanol–water partition coefficient (Wildman–Crippen LogP) is 2.04. The number of piperazine rings is 1. The van der Waals surface area contributed by atoms with Crippen molar-refractivity contribution in [1.82, 2.24) is 9.21 Å². The van der Waals surface area contributed by atoms with Gasteiger partial charge in [0.2, 0.25) is 10.0 Å². The molecular formula is C11H15Cl2N3O2S3. The second kappa shape index (κ2) is 6.66. The Bertz CT molecular complexity index is 639. The van der Waals surface area contributed by atoms with E-state index in [0.29, 0.717) is 35.5 Å². The van der Waals surface area contributed by atoms with Crippen molar-refractivity contribution in [3.63, 3.8) is 0 Å². The Morgan fingerprint density at radius 2 is 1.95 bits per heavy atom. The number of rotatable bonds is 4. The Balaban J connectivity index is 2.11. The van der Waals surface area contributed by atoms with Gasteiger partial charge in [0.25, 0.3) is 0 Å². The number of nitrogens with zero attached hydrogens (tertiary/aromatic N) is 2. The SMILES string of the molecule is CC(C(N)=S)N1CCN(S(=O)(=O)c2cc(Cl)sc2Cl)CC1. The van der Waals surface area contributed by atoms with Crippen LogP contribution in [0, 0.1) is 0 Å². The third-order valence-electron chi connectivity index (χ3n) is 3.48. The molecule has 0 amide bonds. The van der Waals surface area contributed by atoms with Crippen molar-refractivity contribution in [2.75, 3.05) is 26.2 Å². The molecule has 0 radical (unpaired) electrons. The molecule has 0 spiro atoms. The van der Waals surface area contributed by atoms with E-state index in [4.69, 9.17) is 41.2 Å². The van der Waals surface area contributed by atoms with Crippen LogP contribution in [0.2, 0.25) is 8.67 Å². The fraction of sp³-hybridized carbons (Fsp3) is 0.545. The van der Waals surface area contributed by atoms with Gasteiger partial charge in [-0.25, -0.2) is 8.42 Å². The lowest BCUT2D eigenvalue weighted by Gasteiger charge is -2.36. The highest BCUT2D eigenvalue weighted by molar-refractivity contribution is 7.89. The highest BCUT2D eigenvalue weighted by atomic mass is 35.5. The Labute approximate surface area is 143 Å². The maximum absolute atomic E-state index is 12.6. The van der Waals surface area contributed by atoms with E-state index in [1.54, 1.807) is 0 Å². The Kier molecular flexibility index (Phi) is 5.51. The molecule has 2 heterocycles. The van der Waals surface area contributed by atoms with Crippen LogP contribution in [0.5, 0.6) is 0 Å². The summed E-state index contributed by atoms with van der Waals surface area (Å²) in [6.45, 7) is 3.82. The summed E-state index contributed by atoms with van der Waals surface area (Å²) >= 11 is 17.8. The zero-order valence-corrected chi connectivity index (χ0v) is 15.2. The van der Waals surface area contributed by atoms with Crippen molar-refractivity contribution >= 4 is 61.8 Å². The van der Waals surface area contributed by atoms with Crippen molar-refractivity contribution in [3.05, 3.63) is 14.7 Å². The molecule has 1 aromatic rings. The van der Waals surface area contributed by atoms with Crippen LogP contribution in [0.1, 0.15) is 6.92 Å². The smallest absolute Gasteiger partial charge is 0.245 e. The van der Waals surface area contributed by atoms with Crippen molar-refractivity contribution in [3.8, 4) is 0 Å². The average Bonchev–Trinajstić information content (AvgIpc) is 2.77. The first-order chi connectivity index (χ1) is 9.73. The normalized spacial score (nSPS) is 19.6. The van der Waals surface area contributed by atoms with Crippen LogP contribution in [-0.4, -0.2) is 54.8 Å². The first-order valence-corrected chi connectivity index (χ1v) is 9.64. The van der Waals surface area contributed by atoms with Gasteiger partial charge in [0.05, 0.1) is 15.4 Å². The second-order valence-electron chi connectivity index (χ2n) is 4.71. The molecule has 1 fully saturated rings. The predicted molar refractivity (Wildman–Crippen MR) is 90.9 cm³/mol. The average molecular weight is 388 g/mol. The van der Waals surface area contributed by atoms with Gasteiger partial charge in [0.1, 0.15) is 9.23 Å². The molecule has 2 rings (SSSR count). The zero-order valence-electron chi connectivity index (χ0n) is 11.3. The van der Waals surface area contributed by atoms with E-state index in [1.807, 2.05) is 6.92 Å². The van der Waals surface area contributed by atoms with E-state index < -0.39 is 10.0 Å². The lowest BCUT2D eigenvalue weighted by molar-refractivity contribution is 0.175. The Morgan fingerprint density at radius 1 is 1.38 bits per heavy atom. The molecular weight excluding hydrogens is 373 g/mol. The van der Waals surface area contributed by atoms with E-state index >= 15 is 0 Å². The van der Waals surface area contributed by atoms with E-state index in [2.05, 4.69) is 4.90 Å². The highest BCUT2D eigenvalue weighted by Crippen LogP contribution is 2.36.